The van der Waals surface area contributed by atoms with Crippen LogP contribution in [0.1, 0.15) is 11.1 Å². The van der Waals surface area contributed by atoms with E-state index in [1.807, 2.05) is 4.90 Å². The molecule has 3 aromatic rings. The fourth-order valence-corrected chi connectivity index (χ4v) is 3.21. The summed E-state index contributed by atoms with van der Waals surface area (Å²) >= 11 is 0. The molecule has 0 aliphatic carbocycles. The molecule has 13 heteroatoms. The summed E-state index contributed by atoms with van der Waals surface area (Å²) in [6, 6.07) is 9.73. The van der Waals surface area contributed by atoms with E-state index in [0.29, 0.717) is 54.9 Å². The first-order valence-corrected chi connectivity index (χ1v) is 11.0. The third kappa shape index (κ3) is 6.27. The minimum absolute atomic E-state index is 0.0167. The Morgan fingerprint density at radius 2 is 1.33 bits per heavy atom. The number of ether oxygens (including phenoxy) is 3. The van der Waals surface area contributed by atoms with Crippen LogP contribution >= 0.6 is 0 Å². The molecule has 0 unspecified atom stereocenters. The summed E-state index contributed by atoms with van der Waals surface area (Å²) in [5.41, 5.74) is 6.48. The van der Waals surface area contributed by atoms with Crippen LogP contribution in [-0.4, -0.2) is 78.1 Å². The van der Waals surface area contributed by atoms with Crippen molar-refractivity contribution < 1.29 is 24.4 Å². The van der Waals surface area contributed by atoms with Crippen LogP contribution in [0, 0.1) is 0 Å². The highest BCUT2D eigenvalue weighted by atomic mass is 16.5. The second-order valence-corrected chi connectivity index (χ2v) is 7.47. The number of anilines is 3. The van der Waals surface area contributed by atoms with Gasteiger partial charge in [0.1, 0.15) is 23.0 Å². The maximum absolute atomic E-state index is 10.1. The minimum atomic E-state index is 0.0167. The second-order valence-electron chi connectivity index (χ2n) is 7.47. The van der Waals surface area contributed by atoms with Gasteiger partial charge in [-0.25, -0.2) is 10.9 Å². The van der Waals surface area contributed by atoms with Crippen molar-refractivity contribution in [2.45, 2.75) is 0 Å². The van der Waals surface area contributed by atoms with Crippen LogP contribution in [0.2, 0.25) is 0 Å². The molecule has 0 atom stereocenters. The van der Waals surface area contributed by atoms with Crippen LogP contribution in [0.25, 0.3) is 0 Å². The normalized spacial score (nSPS) is 13.8. The zero-order chi connectivity index (χ0) is 25.3. The fraction of sp³-hybridized carbons (Fsp3) is 0.261. The van der Waals surface area contributed by atoms with Crippen molar-refractivity contribution in [1.29, 1.82) is 0 Å². The van der Waals surface area contributed by atoms with E-state index in [4.69, 9.17) is 14.2 Å². The first-order valence-electron chi connectivity index (χ1n) is 11.0. The van der Waals surface area contributed by atoms with Crippen LogP contribution in [0.15, 0.2) is 46.6 Å². The van der Waals surface area contributed by atoms with E-state index < -0.39 is 0 Å². The van der Waals surface area contributed by atoms with Crippen molar-refractivity contribution in [3.63, 3.8) is 0 Å². The number of aromatic nitrogens is 3. The first-order chi connectivity index (χ1) is 17.6. The van der Waals surface area contributed by atoms with E-state index in [1.165, 1.54) is 38.8 Å². The molecule has 13 nitrogen and oxygen atoms in total. The molecule has 0 bridgehead atoms. The summed E-state index contributed by atoms with van der Waals surface area (Å²) in [6.07, 6.45) is 2.87. The molecule has 4 N–H and O–H groups in total. The number of phenolic OH excluding ortho intramolecular Hbond substituents is 2. The SMILES string of the molecule is COc1ccc(/C=N/Nc2nc(N/N=C/c3ccc(OC)cc3O)nc(N3CCOCC3)n2)c(O)c1. The van der Waals surface area contributed by atoms with Crippen molar-refractivity contribution in [3.8, 4) is 23.0 Å². The lowest BCUT2D eigenvalue weighted by atomic mass is 10.2. The number of aromatic hydroxyl groups is 2. The van der Waals surface area contributed by atoms with E-state index >= 15 is 0 Å². The van der Waals surface area contributed by atoms with Gasteiger partial charge in [-0.15, -0.1) is 0 Å². The molecule has 2 heterocycles. The van der Waals surface area contributed by atoms with Crippen molar-refractivity contribution in [2.75, 3.05) is 56.3 Å². The Kier molecular flexibility index (Phi) is 7.93. The molecule has 1 fully saturated rings. The van der Waals surface area contributed by atoms with Gasteiger partial charge in [0.05, 0.1) is 39.9 Å². The van der Waals surface area contributed by atoms with Crippen LogP contribution in [0.3, 0.4) is 0 Å². The number of nitrogens with one attached hydrogen (secondary N) is 2. The zero-order valence-electron chi connectivity index (χ0n) is 19.7. The lowest BCUT2D eigenvalue weighted by Gasteiger charge is -2.26. The van der Waals surface area contributed by atoms with Gasteiger partial charge < -0.3 is 29.3 Å². The van der Waals surface area contributed by atoms with Gasteiger partial charge in [0.15, 0.2) is 0 Å². The van der Waals surface area contributed by atoms with Gasteiger partial charge in [0, 0.05) is 36.3 Å². The Bertz CT molecular complexity index is 1160. The van der Waals surface area contributed by atoms with Crippen LogP contribution in [-0.2, 0) is 4.74 Å². The number of benzene rings is 2. The molecule has 0 spiro atoms. The highest BCUT2D eigenvalue weighted by molar-refractivity contribution is 5.84. The summed E-state index contributed by atoms with van der Waals surface area (Å²) in [7, 11) is 3.04. The third-order valence-corrected chi connectivity index (χ3v) is 5.13. The van der Waals surface area contributed by atoms with Gasteiger partial charge in [-0.2, -0.15) is 25.2 Å². The topological polar surface area (TPSA) is 159 Å². The van der Waals surface area contributed by atoms with Crippen LogP contribution in [0.4, 0.5) is 17.8 Å². The Morgan fingerprint density at radius 1 is 0.833 bits per heavy atom. The number of rotatable bonds is 9. The molecule has 4 rings (SSSR count). The van der Waals surface area contributed by atoms with Gasteiger partial charge in [-0.05, 0) is 24.3 Å². The van der Waals surface area contributed by atoms with E-state index in [9.17, 15) is 10.2 Å². The van der Waals surface area contributed by atoms with Crippen molar-refractivity contribution in [3.05, 3.63) is 47.5 Å². The van der Waals surface area contributed by atoms with Crippen LogP contribution < -0.4 is 25.2 Å². The zero-order valence-corrected chi connectivity index (χ0v) is 19.7. The fourth-order valence-electron chi connectivity index (χ4n) is 3.21. The smallest absolute Gasteiger partial charge is 0.250 e. The molecule has 36 heavy (non-hydrogen) atoms. The average molecular weight is 495 g/mol. The van der Waals surface area contributed by atoms with Gasteiger partial charge in [-0.1, -0.05) is 0 Å². The average Bonchev–Trinajstić information content (AvgIpc) is 2.91. The number of morpholine rings is 1. The molecular formula is C23H26N8O5. The molecular weight excluding hydrogens is 468 g/mol. The molecule has 0 amide bonds. The number of hydrogen-bond donors (Lipinski definition) is 4. The first kappa shape index (κ1) is 24.5. The highest BCUT2D eigenvalue weighted by Gasteiger charge is 2.16. The Hall–Kier alpha value is -4.65. The molecule has 0 saturated carbocycles. The number of nitrogens with zero attached hydrogens (tertiary/aromatic N) is 6. The maximum Gasteiger partial charge on any atom is 0.250 e. The number of hydrogen-bond acceptors (Lipinski definition) is 13. The third-order valence-electron chi connectivity index (χ3n) is 5.13. The maximum atomic E-state index is 10.1. The minimum Gasteiger partial charge on any atom is -0.507 e. The number of phenols is 2. The van der Waals surface area contributed by atoms with Crippen molar-refractivity contribution in [2.24, 2.45) is 10.2 Å². The van der Waals surface area contributed by atoms with Gasteiger partial charge in [0.2, 0.25) is 17.8 Å². The van der Waals surface area contributed by atoms with Gasteiger partial charge in [0.25, 0.3) is 0 Å². The van der Waals surface area contributed by atoms with Gasteiger partial charge >= 0.3 is 0 Å². The summed E-state index contributed by atoms with van der Waals surface area (Å²) < 4.78 is 15.6. The standard InChI is InChI=1S/C23H26N8O5/c1-34-17-5-3-15(19(32)11-17)13-24-29-21-26-22(28-23(27-21)31-7-9-36-10-8-31)30-25-14-16-4-6-18(35-2)12-20(16)33/h3-6,11-14,32-33H,7-10H2,1-2H3,(H2,26,27,28,29,30)/b24-13+,25-14+. The van der Waals surface area contributed by atoms with Crippen molar-refractivity contribution in [1.82, 2.24) is 15.0 Å². The molecule has 188 valence electrons. The van der Waals surface area contributed by atoms with Gasteiger partial charge in [-0.3, -0.25) is 0 Å². The summed E-state index contributed by atoms with van der Waals surface area (Å²) in [6.45, 7) is 2.35. The predicted molar refractivity (Wildman–Crippen MR) is 135 cm³/mol. The molecule has 1 saturated heterocycles. The summed E-state index contributed by atoms with van der Waals surface area (Å²) in [5, 5.41) is 28.5. The lowest BCUT2D eigenvalue weighted by molar-refractivity contribution is 0.122. The number of methoxy groups -OCH3 is 2. The van der Waals surface area contributed by atoms with E-state index in [2.05, 4.69) is 36.0 Å². The van der Waals surface area contributed by atoms with E-state index in [0.717, 1.165) is 0 Å². The molecule has 1 aromatic heterocycles. The molecule has 1 aliphatic rings. The predicted octanol–water partition coefficient (Wildman–Crippen LogP) is 2.03. The Labute approximate surface area is 207 Å². The van der Waals surface area contributed by atoms with Crippen LogP contribution in [0.5, 0.6) is 23.0 Å². The van der Waals surface area contributed by atoms with E-state index in [1.54, 1.807) is 24.3 Å². The van der Waals surface area contributed by atoms with Crippen molar-refractivity contribution >= 4 is 30.3 Å². The molecule has 0 radical (unpaired) electrons. The quantitative estimate of drug-likeness (QED) is 0.255. The Balaban J connectivity index is 1.52. The largest absolute Gasteiger partial charge is 0.507 e. The Morgan fingerprint density at radius 3 is 1.78 bits per heavy atom. The highest BCUT2D eigenvalue weighted by Crippen LogP contribution is 2.23. The monoisotopic (exact) mass is 494 g/mol. The van der Waals surface area contributed by atoms with E-state index in [-0.39, 0.29) is 23.4 Å². The molecule has 2 aromatic carbocycles. The molecule has 1 aliphatic heterocycles. The summed E-state index contributed by atoms with van der Waals surface area (Å²) in [4.78, 5) is 15.1. The summed E-state index contributed by atoms with van der Waals surface area (Å²) in [5.74, 6) is 1.85. The number of hydrazone groups is 2. The second kappa shape index (κ2) is 11.7. The lowest BCUT2D eigenvalue weighted by Crippen LogP contribution is -2.37.